The number of aliphatic hydroxyl groups is 2. The quantitative estimate of drug-likeness (QED) is 0.268. The topological polar surface area (TPSA) is 149 Å². The molecule has 4 atom stereocenters. The van der Waals surface area contributed by atoms with E-state index < -0.39 is 24.5 Å². The maximum absolute atomic E-state index is 10.6. The van der Waals surface area contributed by atoms with E-state index in [0.29, 0.717) is 29.3 Å². The van der Waals surface area contributed by atoms with Crippen LogP contribution in [0.25, 0.3) is 22.3 Å². The van der Waals surface area contributed by atoms with Crippen LogP contribution in [0.3, 0.4) is 0 Å². The molecule has 4 aromatic rings. The highest BCUT2D eigenvalue weighted by Crippen LogP contribution is 2.33. The summed E-state index contributed by atoms with van der Waals surface area (Å²) in [4.78, 5) is 12.3. The minimum absolute atomic E-state index is 0.236. The van der Waals surface area contributed by atoms with Gasteiger partial charge in [0.2, 0.25) is 0 Å². The SMILES string of the molecule is Nc1ncnc2c1ncn2[C@@H]1O[C@H](CSCCOc2ccc(-c3ccccc3O)cc2)[C@@H](O)[C@H]1O. The molecule has 0 radical (unpaired) electrons. The molecule has 11 heteroatoms. The number of aromatic hydroxyl groups is 1. The van der Waals surface area contributed by atoms with Crippen molar-refractivity contribution in [1.29, 1.82) is 0 Å². The number of anilines is 1. The number of nitrogen functional groups attached to an aromatic ring is 1. The lowest BCUT2D eigenvalue weighted by Gasteiger charge is -2.16. The second-order valence-corrected chi connectivity index (χ2v) is 9.24. The van der Waals surface area contributed by atoms with Crippen molar-refractivity contribution in [2.24, 2.45) is 0 Å². The summed E-state index contributed by atoms with van der Waals surface area (Å²) in [6.45, 7) is 0.470. The first kappa shape index (κ1) is 23.4. The van der Waals surface area contributed by atoms with Crippen molar-refractivity contribution >= 4 is 28.7 Å². The highest BCUT2D eigenvalue weighted by atomic mass is 32.2. The van der Waals surface area contributed by atoms with Gasteiger partial charge in [-0.2, -0.15) is 11.8 Å². The number of hydrogen-bond acceptors (Lipinski definition) is 10. The van der Waals surface area contributed by atoms with Gasteiger partial charge in [-0.15, -0.1) is 0 Å². The molecule has 0 bridgehead atoms. The molecular weight excluding hydrogens is 470 g/mol. The fraction of sp³-hybridized carbons (Fsp3) is 0.292. The molecule has 0 amide bonds. The van der Waals surface area contributed by atoms with Gasteiger partial charge in [0, 0.05) is 17.1 Å². The average molecular weight is 496 g/mol. The van der Waals surface area contributed by atoms with Crippen LogP contribution < -0.4 is 10.5 Å². The van der Waals surface area contributed by atoms with Gasteiger partial charge in [-0.3, -0.25) is 4.57 Å². The molecule has 0 unspecified atom stereocenters. The molecule has 5 N–H and O–H groups in total. The number of phenols is 1. The number of aliphatic hydroxyl groups excluding tert-OH is 2. The van der Waals surface area contributed by atoms with Gasteiger partial charge in [-0.05, 0) is 23.8 Å². The Kier molecular flexibility index (Phi) is 6.73. The lowest BCUT2D eigenvalue weighted by Crippen LogP contribution is -2.32. The van der Waals surface area contributed by atoms with E-state index in [1.54, 1.807) is 28.5 Å². The largest absolute Gasteiger partial charge is 0.507 e. The van der Waals surface area contributed by atoms with Crippen molar-refractivity contribution in [3.05, 3.63) is 61.2 Å². The highest BCUT2D eigenvalue weighted by molar-refractivity contribution is 7.99. The number of benzene rings is 2. The number of rotatable bonds is 8. The van der Waals surface area contributed by atoms with Gasteiger partial charge in [0.25, 0.3) is 0 Å². The van der Waals surface area contributed by atoms with Crippen molar-refractivity contribution in [1.82, 2.24) is 19.5 Å². The molecule has 2 aromatic carbocycles. The summed E-state index contributed by atoms with van der Waals surface area (Å²) in [7, 11) is 0. The average Bonchev–Trinajstić information content (AvgIpc) is 3.42. The molecule has 0 saturated carbocycles. The second kappa shape index (κ2) is 10.1. The molecular formula is C24H25N5O5S. The number of phenolic OH excluding ortho intramolecular Hbond substituents is 1. The van der Waals surface area contributed by atoms with E-state index in [1.165, 1.54) is 12.7 Å². The summed E-state index contributed by atoms with van der Waals surface area (Å²) in [6, 6.07) is 14.7. The van der Waals surface area contributed by atoms with Gasteiger partial charge in [-0.25, -0.2) is 15.0 Å². The summed E-state index contributed by atoms with van der Waals surface area (Å²) in [6.07, 6.45) is -0.771. The van der Waals surface area contributed by atoms with Crippen molar-refractivity contribution < 1.29 is 24.8 Å². The highest BCUT2D eigenvalue weighted by Gasteiger charge is 2.44. The van der Waals surface area contributed by atoms with Gasteiger partial charge >= 0.3 is 0 Å². The van der Waals surface area contributed by atoms with Gasteiger partial charge in [0.1, 0.15) is 35.6 Å². The molecule has 182 valence electrons. The van der Waals surface area contributed by atoms with Crippen LogP contribution in [0.15, 0.2) is 61.2 Å². The third kappa shape index (κ3) is 4.76. The molecule has 1 fully saturated rings. The third-order valence-corrected chi connectivity index (χ3v) is 6.87. The monoisotopic (exact) mass is 495 g/mol. The van der Waals surface area contributed by atoms with E-state index in [0.717, 1.165) is 16.9 Å². The zero-order chi connectivity index (χ0) is 24.4. The number of thioether (sulfide) groups is 1. The Morgan fingerprint density at radius 1 is 1.03 bits per heavy atom. The van der Waals surface area contributed by atoms with Crippen LogP contribution in [0.4, 0.5) is 5.82 Å². The first-order valence-corrected chi connectivity index (χ1v) is 12.2. The zero-order valence-electron chi connectivity index (χ0n) is 18.6. The Morgan fingerprint density at radius 3 is 2.63 bits per heavy atom. The standard InChI is InChI=1S/C24H25N5O5S/c25-22-19-23(27-12-26-22)29(13-28-19)24-21(32)20(31)18(34-24)11-35-10-9-33-15-7-5-14(6-8-15)16-3-1-2-4-17(16)30/h1-8,12-13,18,20-21,24,30-32H,9-11H2,(H2,25,26,27)/t18-,20-,21-,24-/m1/s1. The van der Waals surface area contributed by atoms with E-state index in [4.69, 9.17) is 15.2 Å². The van der Waals surface area contributed by atoms with Gasteiger partial charge in [0.05, 0.1) is 19.0 Å². The van der Waals surface area contributed by atoms with Gasteiger partial charge in [0.15, 0.2) is 17.7 Å². The molecule has 0 spiro atoms. The Hall–Kier alpha value is -3.38. The fourth-order valence-corrected chi connectivity index (χ4v) is 4.90. The predicted octanol–water partition coefficient (Wildman–Crippen LogP) is 2.21. The summed E-state index contributed by atoms with van der Waals surface area (Å²) < 4.78 is 13.3. The summed E-state index contributed by atoms with van der Waals surface area (Å²) in [5.74, 6) is 2.35. The molecule has 2 aromatic heterocycles. The van der Waals surface area contributed by atoms with Crippen LogP contribution in [0.2, 0.25) is 0 Å². The first-order valence-electron chi connectivity index (χ1n) is 11.1. The number of imidazole rings is 1. The molecule has 1 aliphatic rings. The molecule has 1 aliphatic heterocycles. The van der Waals surface area contributed by atoms with Crippen molar-refractivity contribution in [3.63, 3.8) is 0 Å². The Morgan fingerprint density at radius 2 is 1.83 bits per heavy atom. The molecule has 5 rings (SSSR count). The van der Waals surface area contributed by atoms with Crippen LogP contribution in [0.1, 0.15) is 6.23 Å². The maximum atomic E-state index is 10.6. The number of aromatic nitrogens is 4. The van der Waals surface area contributed by atoms with Crippen LogP contribution >= 0.6 is 11.8 Å². The van der Waals surface area contributed by atoms with E-state index in [9.17, 15) is 15.3 Å². The normalized spacial score (nSPS) is 22.0. The third-order valence-electron chi connectivity index (χ3n) is 5.85. The Bertz CT molecular complexity index is 1300. The van der Waals surface area contributed by atoms with E-state index >= 15 is 0 Å². The molecule has 35 heavy (non-hydrogen) atoms. The number of ether oxygens (including phenoxy) is 2. The van der Waals surface area contributed by atoms with Crippen molar-refractivity contribution in [3.8, 4) is 22.6 Å². The maximum Gasteiger partial charge on any atom is 0.167 e. The minimum atomic E-state index is -1.13. The van der Waals surface area contributed by atoms with Crippen molar-refractivity contribution in [2.75, 3.05) is 23.8 Å². The predicted molar refractivity (Wildman–Crippen MR) is 132 cm³/mol. The van der Waals surface area contributed by atoms with Crippen LogP contribution in [0, 0.1) is 0 Å². The molecule has 0 aliphatic carbocycles. The van der Waals surface area contributed by atoms with E-state index in [-0.39, 0.29) is 11.6 Å². The number of hydrogen-bond donors (Lipinski definition) is 4. The smallest absolute Gasteiger partial charge is 0.167 e. The summed E-state index contributed by atoms with van der Waals surface area (Å²) >= 11 is 1.56. The summed E-state index contributed by atoms with van der Waals surface area (Å²) in [5.41, 5.74) is 8.36. The lowest BCUT2D eigenvalue weighted by molar-refractivity contribution is -0.0289. The van der Waals surface area contributed by atoms with Crippen LogP contribution in [0.5, 0.6) is 11.5 Å². The molecule has 10 nitrogen and oxygen atoms in total. The number of fused-ring (bicyclic) bond motifs is 1. The van der Waals surface area contributed by atoms with E-state index in [2.05, 4.69) is 15.0 Å². The van der Waals surface area contributed by atoms with Gasteiger partial charge in [-0.1, -0.05) is 30.3 Å². The molecule has 1 saturated heterocycles. The number of nitrogens with two attached hydrogens (primary N) is 1. The van der Waals surface area contributed by atoms with Crippen LogP contribution in [-0.2, 0) is 4.74 Å². The zero-order valence-corrected chi connectivity index (χ0v) is 19.5. The molecule has 3 heterocycles. The Labute approximate surface area is 205 Å². The van der Waals surface area contributed by atoms with Crippen molar-refractivity contribution in [2.45, 2.75) is 24.5 Å². The van der Waals surface area contributed by atoms with Gasteiger partial charge < -0.3 is 30.5 Å². The fourth-order valence-electron chi connectivity index (χ4n) is 4.02. The first-order chi connectivity index (χ1) is 17.0. The van der Waals surface area contributed by atoms with E-state index in [1.807, 2.05) is 36.4 Å². The lowest BCUT2D eigenvalue weighted by atomic mass is 10.0. The second-order valence-electron chi connectivity index (χ2n) is 8.09. The minimum Gasteiger partial charge on any atom is -0.507 e. The van der Waals surface area contributed by atoms with Crippen LogP contribution in [-0.4, -0.2) is 71.3 Å². The Balaban J connectivity index is 1.11. The number of nitrogens with zero attached hydrogens (tertiary/aromatic N) is 4. The number of para-hydroxylation sites is 1. The summed E-state index contributed by atoms with van der Waals surface area (Å²) in [5, 5.41) is 31.0.